The van der Waals surface area contributed by atoms with Crippen molar-refractivity contribution in [2.75, 3.05) is 19.8 Å². The van der Waals surface area contributed by atoms with Crippen molar-refractivity contribution in [1.29, 1.82) is 0 Å². The second-order valence-electron chi connectivity index (χ2n) is 23.6. The van der Waals surface area contributed by atoms with E-state index in [4.69, 9.17) is 18.9 Å². The fraction of sp³-hybridized carbons (Fsp3) is 0.838. The highest BCUT2D eigenvalue weighted by Gasteiger charge is 2.51. The van der Waals surface area contributed by atoms with Crippen LogP contribution in [0.3, 0.4) is 0 Å². The third-order valence-corrected chi connectivity index (χ3v) is 16.2. The van der Waals surface area contributed by atoms with Crippen molar-refractivity contribution in [1.82, 2.24) is 5.32 Å². The highest BCUT2D eigenvalue weighted by atomic mass is 16.7. The van der Waals surface area contributed by atoms with Crippen molar-refractivity contribution in [2.45, 2.75) is 344 Å². The Balaban J connectivity index is 1.59. The molecule has 2 aliphatic heterocycles. The average Bonchev–Trinajstić information content (AvgIpc) is 3.56. The maximum Gasteiger partial charge on any atom is 0.220 e. The number of rotatable bonds is 54. The Morgan fingerprint density at radius 1 is 0.451 bits per heavy atom. The van der Waals surface area contributed by atoms with Gasteiger partial charge in [0.2, 0.25) is 5.91 Å². The van der Waals surface area contributed by atoms with Crippen molar-refractivity contribution < 1.29 is 64.6 Å². The molecule has 0 saturated carbocycles. The van der Waals surface area contributed by atoms with E-state index < -0.39 is 86.8 Å². The lowest BCUT2D eigenvalue weighted by molar-refractivity contribution is -0.359. The van der Waals surface area contributed by atoms with E-state index in [9.17, 15) is 45.6 Å². The molecule has 2 aliphatic rings. The molecule has 2 fully saturated rings. The van der Waals surface area contributed by atoms with Crippen LogP contribution in [0.25, 0.3) is 0 Å². The lowest BCUT2D eigenvalue weighted by Crippen LogP contribution is -2.65. The summed E-state index contributed by atoms with van der Waals surface area (Å²) in [6.45, 7) is 2.76. The SMILES string of the molecule is CC/C=C\C/C=C\C/C=C\C/C=C\C/C=C\CCCCCCCCCCCCCCCCCCCCCC(=O)NC(COC1OC(CO)C(OC2OC(CO)C(O)C(O)C2O)C(O)C1O)C(O)CCCCCCCCCCCCCCC. The van der Waals surface area contributed by atoms with Gasteiger partial charge in [-0.25, -0.2) is 0 Å². The van der Waals surface area contributed by atoms with E-state index in [0.717, 1.165) is 83.5 Å². The molecule has 0 radical (unpaired) electrons. The molecule has 0 aliphatic carbocycles. The van der Waals surface area contributed by atoms with E-state index in [0.29, 0.717) is 12.8 Å². The summed E-state index contributed by atoms with van der Waals surface area (Å²) in [4.78, 5) is 13.3. The molecular formula is C68H123NO13. The first-order valence-electron chi connectivity index (χ1n) is 33.5. The average molecular weight is 1160 g/mol. The monoisotopic (exact) mass is 1160 g/mol. The minimum absolute atomic E-state index is 0.205. The lowest BCUT2D eigenvalue weighted by atomic mass is 9.97. The topological polar surface area (TPSA) is 228 Å². The molecule has 82 heavy (non-hydrogen) atoms. The molecule has 0 bridgehead atoms. The molecule has 1 amide bonds. The zero-order chi connectivity index (χ0) is 59.5. The fourth-order valence-electron chi connectivity index (χ4n) is 10.9. The van der Waals surface area contributed by atoms with E-state index in [1.54, 1.807) is 0 Å². The molecule has 0 aromatic carbocycles. The molecule has 0 aromatic rings. The van der Waals surface area contributed by atoms with Gasteiger partial charge in [-0.1, -0.05) is 267 Å². The van der Waals surface area contributed by atoms with Crippen LogP contribution in [0.4, 0.5) is 0 Å². The molecule has 2 rings (SSSR count). The summed E-state index contributed by atoms with van der Waals surface area (Å²) in [6, 6.07) is -0.828. The molecule has 2 saturated heterocycles. The van der Waals surface area contributed by atoms with Crippen molar-refractivity contribution in [3.63, 3.8) is 0 Å². The van der Waals surface area contributed by atoms with E-state index in [1.165, 1.54) is 161 Å². The van der Waals surface area contributed by atoms with Gasteiger partial charge < -0.3 is 65.1 Å². The van der Waals surface area contributed by atoms with Crippen molar-refractivity contribution in [2.24, 2.45) is 0 Å². The van der Waals surface area contributed by atoms with Crippen LogP contribution < -0.4 is 5.32 Å². The second-order valence-corrected chi connectivity index (χ2v) is 23.6. The van der Waals surface area contributed by atoms with Crippen LogP contribution in [0.1, 0.15) is 271 Å². The maximum absolute atomic E-state index is 13.3. The van der Waals surface area contributed by atoms with Crippen molar-refractivity contribution in [3.05, 3.63) is 60.8 Å². The maximum atomic E-state index is 13.3. The summed E-state index contributed by atoms with van der Waals surface area (Å²) < 4.78 is 22.9. The van der Waals surface area contributed by atoms with Gasteiger partial charge >= 0.3 is 0 Å². The summed E-state index contributed by atoms with van der Waals surface area (Å²) in [5.74, 6) is -0.205. The number of unbranched alkanes of at least 4 members (excludes halogenated alkanes) is 31. The summed E-state index contributed by atoms with van der Waals surface area (Å²) in [6.07, 6.45) is 52.5. The Morgan fingerprint density at radius 3 is 1.29 bits per heavy atom. The number of carbonyl (C=O) groups excluding carboxylic acids is 1. The first-order chi connectivity index (χ1) is 40.1. The Labute approximate surface area is 498 Å². The number of hydrogen-bond acceptors (Lipinski definition) is 13. The second kappa shape index (κ2) is 53.0. The van der Waals surface area contributed by atoms with E-state index >= 15 is 0 Å². The smallest absolute Gasteiger partial charge is 0.220 e. The van der Waals surface area contributed by atoms with Gasteiger partial charge in [0.25, 0.3) is 0 Å². The Bertz CT molecular complexity index is 1610. The summed E-state index contributed by atoms with van der Waals surface area (Å²) in [5.41, 5.74) is 0. The zero-order valence-corrected chi connectivity index (χ0v) is 51.7. The third-order valence-electron chi connectivity index (χ3n) is 16.2. The zero-order valence-electron chi connectivity index (χ0n) is 51.7. The van der Waals surface area contributed by atoms with E-state index in [-0.39, 0.29) is 12.5 Å². The van der Waals surface area contributed by atoms with Crippen LogP contribution in [0.15, 0.2) is 60.8 Å². The largest absolute Gasteiger partial charge is 0.394 e. The number of hydrogen-bond donors (Lipinski definition) is 9. The van der Waals surface area contributed by atoms with Gasteiger partial charge in [-0.05, 0) is 57.8 Å². The third kappa shape index (κ3) is 37.3. The molecular weight excluding hydrogens is 1040 g/mol. The Morgan fingerprint density at radius 2 is 0.841 bits per heavy atom. The molecule has 0 spiro atoms. The van der Waals surface area contributed by atoms with Gasteiger partial charge in [0.05, 0.1) is 32.0 Å². The Kier molecular flexibility index (Phi) is 49.0. The van der Waals surface area contributed by atoms with Gasteiger partial charge in [-0.15, -0.1) is 0 Å². The molecule has 2 heterocycles. The lowest BCUT2D eigenvalue weighted by Gasteiger charge is -2.46. The standard InChI is InChI=1S/C68H123NO13/c1-3-5-7-9-11-13-15-17-18-19-20-21-22-23-24-25-26-27-28-29-30-31-32-33-34-35-36-37-38-40-42-44-46-48-50-52-60(73)69-56(57(72)51-49-47-45-43-41-39-16-14-12-10-8-6-4-2)55-79-67-65(78)63(76)66(59(54-71)81-67)82-68-64(77)62(75)61(74)58(53-70)80-68/h5,7,11,13,17-18,20-21,23-24,56-59,61-68,70-72,74-78H,3-4,6,8-10,12,14-16,19,22,25-55H2,1-2H3,(H,69,73)/b7-5-,13-11-,18-17-,21-20-,24-23-. The predicted molar refractivity (Wildman–Crippen MR) is 332 cm³/mol. The van der Waals surface area contributed by atoms with Crippen LogP contribution in [-0.2, 0) is 23.7 Å². The molecule has 0 aromatic heterocycles. The Hall–Kier alpha value is -2.31. The van der Waals surface area contributed by atoms with Crippen LogP contribution in [0, 0.1) is 0 Å². The molecule has 478 valence electrons. The van der Waals surface area contributed by atoms with Gasteiger partial charge in [-0.3, -0.25) is 4.79 Å². The number of allylic oxidation sites excluding steroid dienone is 10. The highest BCUT2D eigenvalue weighted by Crippen LogP contribution is 2.30. The molecule has 9 N–H and O–H groups in total. The number of nitrogens with one attached hydrogen (secondary N) is 1. The first-order valence-corrected chi connectivity index (χ1v) is 33.5. The molecule has 14 heteroatoms. The minimum atomic E-state index is -1.78. The summed E-state index contributed by atoms with van der Waals surface area (Å²) >= 11 is 0. The van der Waals surface area contributed by atoms with Gasteiger partial charge in [0.15, 0.2) is 12.6 Å². The summed E-state index contributed by atoms with van der Waals surface area (Å²) in [5, 5.41) is 87.3. The van der Waals surface area contributed by atoms with Crippen LogP contribution in [0.5, 0.6) is 0 Å². The normalized spacial score (nSPS) is 24.3. The highest BCUT2D eigenvalue weighted by molar-refractivity contribution is 5.76. The van der Waals surface area contributed by atoms with Crippen LogP contribution in [0.2, 0.25) is 0 Å². The van der Waals surface area contributed by atoms with E-state index in [2.05, 4.69) is 79.9 Å². The van der Waals surface area contributed by atoms with Gasteiger partial charge in [-0.2, -0.15) is 0 Å². The van der Waals surface area contributed by atoms with Crippen LogP contribution >= 0.6 is 0 Å². The van der Waals surface area contributed by atoms with Crippen molar-refractivity contribution in [3.8, 4) is 0 Å². The quantitative estimate of drug-likeness (QED) is 0.0204. The molecule has 14 nitrogen and oxygen atoms in total. The number of carbonyl (C=O) groups is 1. The predicted octanol–water partition coefficient (Wildman–Crippen LogP) is 12.9. The number of aliphatic hydroxyl groups is 8. The van der Waals surface area contributed by atoms with Crippen LogP contribution in [-0.4, -0.2) is 140 Å². The number of amides is 1. The first kappa shape index (κ1) is 75.8. The van der Waals surface area contributed by atoms with E-state index in [1.807, 2.05) is 0 Å². The minimum Gasteiger partial charge on any atom is -0.394 e. The summed E-state index contributed by atoms with van der Waals surface area (Å²) in [7, 11) is 0. The molecule has 12 unspecified atom stereocenters. The van der Waals surface area contributed by atoms with Crippen molar-refractivity contribution >= 4 is 5.91 Å². The molecule has 12 atom stereocenters. The number of ether oxygens (including phenoxy) is 4. The fourth-order valence-corrected chi connectivity index (χ4v) is 10.9. The van der Waals surface area contributed by atoms with Gasteiger partial charge in [0.1, 0.15) is 48.8 Å². The number of aliphatic hydroxyl groups excluding tert-OH is 8. The van der Waals surface area contributed by atoms with Gasteiger partial charge in [0, 0.05) is 6.42 Å².